The Hall–Kier alpha value is -0.610. The number of hydrogen-bond acceptors (Lipinski definition) is 3. The van der Waals surface area contributed by atoms with Crippen LogP contribution in [-0.2, 0) is 4.79 Å². The van der Waals surface area contributed by atoms with Crippen LogP contribution >= 0.6 is 0 Å². The minimum atomic E-state index is -0.716. The van der Waals surface area contributed by atoms with Gasteiger partial charge in [0.2, 0.25) is 0 Å². The lowest BCUT2D eigenvalue weighted by Crippen LogP contribution is -2.52. The molecule has 2 N–H and O–H groups in total. The first-order valence-electron chi connectivity index (χ1n) is 7.85. The van der Waals surface area contributed by atoms with Crippen LogP contribution in [-0.4, -0.2) is 47.7 Å². The molecular weight excluding hydrogens is 240 g/mol. The number of hydrogen-bond donors (Lipinski definition) is 2. The topological polar surface area (TPSA) is 52.6 Å². The molecule has 1 aliphatic rings. The van der Waals surface area contributed by atoms with E-state index >= 15 is 0 Å². The minimum Gasteiger partial charge on any atom is -0.480 e. The third kappa shape index (κ3) is 5.11. The maximum atomic E-state index is 11.6. The van der Waals surface area contributed by atoms with Crippen LogP contribution < -0.4 is 5.32 Å². The molecule has 0 amide bonds. The third-order valence-corrected chi connectivity index (χ3v) is 4.25. The molecule has 1 fully saturated rings. The molecule has 1 atom stereocenters. The molecule has 0 aromatic heterocycles. The fourth-order valence-corrected chi connectivity index (χ4v) is 2.88. The highest BCUT2D eigenvalue weighted by Gasteiger charge is 2.35. The molecule has 0 bridgehead atoms. The highest BCUT2D eigenvalue weighted by molar-refractivity contribution is 5.78. The van der Waals surface area contributed by atoms with Crippen molar-refractivity contribution in [3.05, 3.63) is 0 Å². The highest BCUT2D eigenvalue weighted by atomic mass is 16.4. The highest BCUT2D eigenvalue weighted by Crippen LogP contribution is 2.19. The van der Waals surface area contributed by atoms with Gasteiger partial charge in [0.15, 0.2) is 0 Å². The fourth-order valence-electron chi connectivity index (χ4n) is 2.88. The van der Waals surface area contributed by atoms with Gasteiger partial charge in [0.05, 0.1) is 0 Å². The van der Waals surface area contributed by atoms with Crippen LogP contribution in [0.4, 0.5) is 0 Å². The van der Waals surface area contributed by atoms with Crippen LogP contribution in [0.1, 0.15) is 58.8 Å². The number of carboxylic acids is 1. The molecule has 0 aliphatic carbocycles. The molecule has 1 heterocycles. The van der Waals surface area contributed by atoms with Gasteiger partial charge in [-0.05, 0) is 64.7 Å². The lowest BCUT2D eigenvalue weighted by molar-refractivity contribution is -0.145. The second-order valence-corrected chi connectivity index (χ2v) is 5.67. The van der Waals surface area contributed by atoms with Crippen molar-refractivity contribution in [2.45, 2.75) is 64.3 Å². The summed E-state index contributed by atoms with van der Waals surface area (Å²) in [6, 6.07) is 0. The van der Waals surface area contributed by atoms with E-state index in [0.717, 1.165) is 32.4 Å². The van der Waals surface area contributed by atoms with Crippen LogP contribution in [0.3, 0.4) is 0 Å². The van der Waals surface area contributed by atoms with Gasteiger partial charge in [-0.1, -0.05) is 20.3 Å². The number of nitrogens with one attached hydrogen (secondary N) is 1. The van der Waals surface area contributed by atoms with E-state index in [1.165, 1.54) is 32.4 Å². The van der Waals surface area contributed by atoms with E-state index in [-0.39, 0.29) is 0 Å². The largest absolute Gasteiger partial charge is 0.480 e. The summed E-state index contributed by atoms with van der Waals surface area (Å²) < 4.78 is 0. The van der Waals surface area contributed by atoms with Gasteiger partial charge in [-0.3, -0.25) is 4.79 Å². The Balaban J connectivity index is 2.40. The zero-order valence-corrected chi connectivity index (χ0v) is 12.6. The van der Waals surface area contributed by atoms with E-state index in [2.05, 4.69) is 17.1 Å². The van der Waals surface area contributed by atoms with Crippen molar-refractivity contribution in [2.24, 2.45) is 0 Å². The molecule has 0 aromatic carbocycles. The quantitative estimate of drug-likeness (QED) is 0.676. The summed E-state index contributed by atoms with van der Waals surface area (Å²) in [7, 11) is 0. The lowest BCUT2D eigenvalue weighted by atomic mass is 9.90. The Bertz CT molecular complexity index is 265. The Kier molecular flexibility index (Phi) is 7.39. The van der Waals surface area contributed by atoms with Gasteiger partial charge >= 0.3 is 5.97 Å². The van der Waals surface area contributed by atoms with Gasteiger partial charge < -0.3 is 15.3 Å². The molecule has 0 spiro atoms. The molecule has 1 saturated heterocycles. The first-order chi connectivity index (χ1) is 9.14. The number of rotatable bonds is 9. The van der Waals surface area contributed by atoms with Crippen molar-refractivity contribution in [3.63, 3.8) is 0 Å². The molecule has 19 heavy (non-hydrogen) atoms. The molecule has 1 aliphatic heterocycles. The summed E-state index contributed by atoms with van der Waals surface area (Å²) in [5.74, 6) is -0.693. The van der Waals surface area contributed by atoms with Gasteiger partial charge in [0.1, 0.15) is 5.54 Å². The van der Waals surface area contributed by atoms with E-state index in [1.54, 1.807) is 0 Å². The molecular formula is C15H30N2O2. The van der Waals surface area contributed by atoms with E-state index in [0.29, 0.717) is 6.42 Å². The van der Waals surface area contributed by atoms with Crippen LogP contribution in [0.15, 0.2) is 0 Å². The van der Waals surface area contributed by atoms with E-state index in [4.69, 9.17) is 0 Å². The number of likely N-dealkylation sites (tertiary alicyclic amines) is 1. The van der Waals surface area contributed by atoms with Crippen molar-refractivity contribution >= 4 is 5.97 Å². The summed E-state index contributed by atoms with van der Waals surface area (Å²) in [4.78, 5) is 14.0. The Morgan fingerprint density at radius 1 is 1.26 bits per heavy atom. The molecule has 112 valence electrons. The SMILES string of the molecule is CCCNC(CC)(CCCN1CCCCC1)C(=O)O. The number of carbonyl (C=O) groups is 1. The van der Waals surface area contributed by atoms with Crippen LogP contribution in [0.25, 0.3) is 0 Å². The second-order valence-electron chi connectivity index (χ2n) is 5.67. The summed E-state index contributed by atoms with van der Waals surface area (Å²) in [6.45, 7) is 8.25. The normalized spacial score (nSPS) is 20.1. The van der Waals surface area contributed by atoms with Crippen LogP contribution in [0.2, 0.25) is 0 Å². The number of carboxylic acid groups (broad SMARTS) is 1. The minimum absolute atomic E-state index is 0.655. The number of nitrogens with zero attached hydrogens (tertiary/aromatic N) is 1. The van der Waals surface area contributed by atoms with Gasteiger partial charge in [0.25, 0.3) is 0 Å². The van der Waals surface area contributed by atoms with E-state index in [9.17, 15) is 9.90 Å². The Morgan fingerprint density at radius 3 is 2.47 bits per heavy atom. The summed E-state index contributed by atoms with van der Waals surface area (Å²) in [6.07, 6.45) is 7.27. The monoisotopic (exact) mass is 270 g/mol. The molecule has 4 heteroatoms. The Morgan fingerprint density at radius 2 is 1.95 bits per heavy atom. The smallest absolute Gasteiger partial charge is 0.323 e. The molecule has 1 rings (SSSR count). The van der Waals surface area contributed by atoms with Crippen molar-refractivity contribution in [3.8, 4) is 0 Å². The Labute approximate surface area is 117 Å². The van der Waals surface area contributed by atoms with Crippen LogP contribution in [0, 0.1) is 0 Å². The predicted octanol–water partition coefficient (Wildman–Crippen LogP) is 2.49. The molecule has 1 unspecified atom stereocenters. The first kappa shape index (κ1) is 16.4. The predicted molar refractivity (Wildman–Crippen MR) is 78.5 cm³/mol. The van der Waals surface area contributed by atoms with E-state index < -0.39 is 11.5 Å². The van der Waals surface area contributed by atoms with E-state index in [1.807, 2.05) is 6.92 Å². The molecule has 0 saturated carbocycles. The van der Waals surface area contributed by atoms with Crippen molar-refractivity contribution < 1.29 is 9.90 Å². The summed E-state index contributed by atoms with van der Waals surface area (Å²) >= 11 is 0. The number of aliphatic carboxylic acids is 1. The standard InChI is InChI=1S/C15H30N2O2/c1-3-10-16-15(4-2,14(18)19)9-8-13-17-11-6-5-7-12-17/h16H,3-13H2,1-2H3,(H,18,19). The first-order valence-corrected chi connectivity index (χ1v) is 7.85. The lowest BCUT2D eigenvalue weighted by Gasteiger charge is -2.32. The fraction of sp³-hybridized carbons (Fsp3) is 0.933. The average Bonchev–Trinajstić information content (AvgIpc) is 2.43. The zero-order chi connectivity index (χ0) is 14.1. The molecule has 4 nitrogen and oxygen atoms in total. The molecule has 0 aromatic rings. The van der Waals surface area contributed by atoms with Crippen LogP contribution in [0.5, 0.6) is 0 Å². The average molecular weight is 270 g/mol. The third-order valence-electron chi connectivity index (χ3n) is 4.25. The maximum absolute atomic E-state index is 11.6. The number of piperidine rings is 1. The zero-order valence-electron chi connectivity index (χ0n) is 12.6. The second kappa shape index (κ2) is 8.54. The molecule has 0 radical (unpaired) electrons. The van der Waals surface area contributed by atoms with Crippen molar-refractivity contribution in [1.29, 1.82) is 0 Å². The van der Waals surface area contributed by atoms with Crippen molar-refractivity contribution in [2.75, 3.05) is 26.2 Å². The van der Waals surface area contributed by atoms with Gasteiger partial charge in [-0.25, -0.2) is 0 Å². The van der Waals surface area contributed by atoms with Gasteiger partial charge in [0, 0.05) is 0 Å². The van der Waals surface area contributed by atoms with Gasteiger partial charge in [-0.2, -0.15) is 0 Å². The maximum Gasteiger partial charge on any atom is 0.323 e. The summed E-state index contributed by atoms with van der Waals surface area (Å²) in [5.41, 5.74) is -0.716. The van der Waals surface area contributed by atoms with Crippen molar-refractivity contribution in [1.82, 2.24) is 10.2 Å². The van der Waals surface area contributed by atoms with Gasteiger partial charge in [-0.15, -0.1) is 0 Å². The summed E-state index contributed by atoms with van der Waals surface area (Å²) in [5, 5.41) is 12.8.